The van der Waals surface area contributed by atoms with Gasteiger partial charge in [0.2, 0.25) is 0 Å². The molecule has 4 aromatic rings. The van der Waals surface area contributed by atoms with Crippen molar-refractivity contribution >= 4 is 25.1 Å². The van der Waals surface area contributed by atoms with Crippen molar-refractivity contribution in [2.45, 2.75) is 61.2 Å². The van der Waals surface area contributed by atoms with Crippen molar-refractivity contribution in [3.05, 3.63) is 49.7 Å². The summed E-state index contributed by atoms with van der Waals surface area (Å²) >= 11 is 0. The van der Waals surface area contributed by atoms with Gasteiger partial charge in [-0.05, 0) is 74.9 Å². The Kier molecular flexibility index (Phi) is 6.06. The minimum absolute atomic E-state index is 0.731. The molecule has 0 N–H and O–H groups in total. The number of aromatic nitrogens is 9. The first-order valence-corrected chi connectivity index (χ1v) is 12.2. The highest BCUT2D eigenvalue weighted by molar-refractivity contribution is 7.26. The van der Waals surface area contributed by atoms with Gasteiger partial charge in [-0.25, -0.2) is 13.3 Å². The maximum Gasteiger partial charge on any atom is 0.107 e. The lowest BCUT2D eigenvalue weighted by molar-refractivity contribution is 0.660. The molecule has 0 saturated heterocycles. The van der Waals surface area contributed by atoms with E-state index in [-0.39, 0.29) is 0 Å². The molecular formula is C18H24N9P3. The van der Waals surface area contributed by atoms with Gasteiger partial charge in [0.15, 0.2) is 0 Å². The molecule has 3 heterocycles. The van der Waals surface area contributed by atoms with Gasteiger partial charge < -0.3 is 0 Å². The Morgan fingerprint density at radius 2 is 0.767 bits per heavy atom. The van der Waals surface area contributed by atoms with E-state index in [2.05, 4.69) is 51.7 Å². The molecule has 4 rings (SSSR count). The van der Waals surface area contributed by atoms with Crippen LogP contribution in [0.25, 0.3) is 0 Å². The highest BCUT2D eigenvalue weighted by Crippen LogP contribution is 2.31. The van der Waals surface area contributed by atoms with Crippen molar-refractivity contribution in [3.8, 4) is 0 Å². The summed E-state index contributed by atoms with van der Waals surface area (Å²) in [6.07, 6.45) is 0. The molecule has 0 unspecified atom stereocenters. The van der Waals surface area contributed by atoms with Gasteiger partial charge in [0.05, 0.1) is 44.7 Å². The number of hydrogen-bond donors (Lipinski definition) is 0. The first-order chi connectivity index (χ1) is 14.3. The van der Waals surface area contributed by atoms with E-state index in [0.29, 0.717) is 0 Å². The molecule has 9 nitrogen and oxygen atoms in total. The normalized spacial score (nSPS) is 12.2. The van der Waals surface area contributed by atoms with E-state index in [9.17, 15) is 0 Å². The van der Waals surface area contributed by atoms with Gasteiger partial charge in [0.25, 0.3) is 0 Å². The van der Waals surface area contributed by atoms with Crippen molar-refractivity contribution in [3.63, 3.8) is 0 Å². The second kappa shape index (κ2) is 8.58. The summed E-state index contributed by atoms with van der Waals surface area (Å²) < 4.78 is 6.01. The lowest BCUT2D eigenvalue weighted by atomic mass is 9.88. The Labute approximate surface area is 180 Å². The Hall–Kier alpha value is -2.07. The van der Waals surface area contributed by atoms with Crippen LogP contribution in [-0.2, 0) is 19.6 Å². The highest BCUT2D eigenvalue weighted by Gasteiger charge is 2.19. The summed E-state index contributed by atoms with van der Waals surface area (Å²) in [5.41, 5.74) is 10.8. The molecule has 30 heavy (non-hydrogen) atoms. The molecule has 156 valence electrons. The van der Waals surface area contributed by atoms with Gasteiger partial charge in [-0.15, -0.1) is 15.3 Å². The van der Waals surface area contributed by atoms with Crippen LogP contribution < -0.4 is 0 Å². The van der Waals surface area contributed by atoms with Crippen molar-refractivity contribution < 1.29 is 0 Å². The largest absolute Gasteiger partial charge is 0.223 e. The van der Waals surface area contributed by atoms with Crippen LogP contribution in [0.3, 0.4) is 0 Å². The van der Waals surface area contributed by atoms with Crippen LogP contribution in [-0.4, -0.2) is 44.3 Å². The van der Waals surface area contributed by atoms with E-state index in [1.807, 2.05) is 34.1 Å². The van der Waals surface area contributed by atoms with E-state index in [1.54, 1.807) is 0 Å². The maximum absolute atomic E-state index is 4.31. The minimum atomic E-state index is 0.731. The van der Waals surface area contributed by atoms with Gasteiger partial charge in [0, 0.05) is 0 Å². The lowest BCUT2D eigenvalue weighted by Gasteiger charge is -2.22. The smallest absolute Gasteiger partial charge is 0.107 e. The fraction of sp³-hybridized carbons (Fsp3) is 0.500. The van der Waals surface area contributed by atoms with Crippen molar-refractivity contribution in [1.82, 2.24) is 44.3 Å². The number of aryl methyl sites for hydroxylation is 3. The van der Waals surface area contributed by atoms with E-state index in [4.69, 9.17) is 0 Å². The van der Waals surface area contributed by atoms with Crippen molar-refractivity contribution in [2.75, 3.05) is 0 Å². The molecule has 0 spiro atoms. The predicted molar refractivity (Wildman–Crippen MR) is 120 cm³/mol. The Morgan fingerprint density at radius 3 is 0.967 bits per heavy atom. The molecule has 0 fully saturated rings. The van der Waals surface area contributed by atoms with Gasteiger partial charge >= 0.3 is 0 Å². The summed E-state index contributed by atoms with van der Waals surface area (Å²) in [5, 5.41) is 25.5. The number of hydrogen-bond acceptors (Lipinski definition) is 6. The number of rotatable bonds is 6. The molecule has 0 aliphatic rings. The minimum Gasteiger partial charge on any atom is -0.223 e. The SMILES string of the molecule is Cc1nnn(Cc2c(C)c(Cn3nnc(C)p3)c(C)c(Cn3nnc(C)p3)c2C)p1. The zero-order valence-corrected chi connectivity index (χ0v) is 20.7. The average molecular weight is 459 g/mol. The van der Waals surface area contributed by atoms with Crippen LogP contribution in [0.15, 0.2) is 0 Å². The Morgan fingerprint density at radius 1 is 0.500 bits per heavy atom. The van der Waals surface area contributed by atoms with Gasteiger partial charge in [0.1, 0.15) is 16.3 Å². The molecule has 0 aliphatic carbocycles. The van der Waals surface area contributed by atoms with E-state index in [1.165, 1.54) is 33.4 Å². The first-order valence-electron chi connectivity index (χ1n) is 9.65. The second-order valence-electron chi connectivity index (χ2n) is 7.41. The molecule has 12 heteroatoms. The van der Waals surface area contributed by atoms with E-state index >= 15 is 0 Å². The van der Waals surface area contributed by atoms with Crippen LogP contribution in [0.4, 0.5) is 0 Å². The third-order valence-electron chi connectivity index (χ3n) is 5.27. The summed E-state index contributed by atoms with van der Waals surface area (Å²) in [4.78, 5) is 0. The second-order valence-corrected chi connectivity index (χ2v) is 11.3. The van der Waals surface area contributed by atoms with Crippen molar-refractivity contribution in [1.29, 1.82) is 0 Å². The Balaban J connectivity index is 1.82. The summed E-state index contributed by atoms with van der Waals surface area (Å²) in [6, 6.07) is 0. The molecule has 0 aliphatic heterocycles. The summed E-state index contributed by atoms with van der Waals surface area (Å²) in [5.74, 6) is 0. The zero-order chi connectivity index (χ0) is 21.4. The lowest BCUT2D eigenvalue weighted by Crippen LogP contribution is -2.14. The van der Waals surface area contributed by atoms with Gasteiger partial charge in [-0.3, -0.25) is 0 Å². The van der Waals surface area contributed by atoms with Crippen LogP contribution in [0.1, 0.15) is 49.7 Å². The molecule has 0 atom stereocenters. The third kappa shape index (κ3) is 4.34. The van der Waals surface area contributed by atoms with Gasteiger partial charge in [-0.2, -0.15) is 0 Å². The quantitative estimate of drug-likeness (QED) is 0.429. The zero-order valence-electron chi connectivity index (χ0n) is 18.0. The molecule has 3 aromatic heterocycles. The van der Waals surface area contributed by atoms with E-state index < -0.39 is 0 Å². The molecule has 1 aromatic carbocycles. The monoisotopic (exact) mass is 459 g/mol. The highest BCUT2D eigenvalue weighted by atomic mass is 31.1. The predicted octanol–water partition coefficient (Wildman–Crippen LogP) is 4.20. The summed E-state index contributed by atoms with van der Waals surface area (Å²) in [7, 11) is 3.13. The number of benzene rings is 1. The molecule has 0 saturated carbocycles. The Bertz CT molecular complexity index is 1040. The van der Waals surface area contributed by atoms with Crippen LogP contribution in [0, 0.1) is 41.5 Å². The first kappa shape index (κ1) is 21.2. The standard InChI is InChI=1S/C18H24N9P3/c1-10-16(7-25-22-19-13(4)28-25)11(2)18(9-27-24-21-15(6)30-27)12(3)17(10)8-26-23-20-14(5)29-26/h7-9H2,1-6H3. The fourth-order valence-corrected chi connectivity index (χ4v) is 5.82. The molecular weight excluding hydrogens is 435 g/mol. The third-order valence-corrected chi connectivity index (χ3v) is 7.77. The van der Waals surface area contributed by atoms with Crippen LogP contribution in [0.2, 0.25) is 0 Å². The van der Waals surface area contributed by atoms with Crippen LogP contribution in [0.5, 0.6) is 0 Å². The molecule has 0 amide bonds. The van der Waals surface area contributed by atoms with Crippen molar-refractivity contribution in [2.24, 2.45) is 0 Å². The molecule has 0 radical (unpaired) electrons. The maximum atomic E-state index is 4.31. The van der Waals surface area contributed by atoms with E-state index in [0.717, 1.165) is 61.0 Å². The van der Waals surface area contributed by atoms with Gasteiger partial charge in [-0.1, -0.05) is 15.6 Å². The average Bonchev–Trinajstić information content (AvgIpc) is 3.42. The number of nitrogens with zero attached hydrogens (tertiary/aromatic N) is 9. The van der Waals surface area contributed by atoms with Crippen LogP contribution >= 0.6 is 25.1 Å². The fourth-order valence-electron chi connectivity index (χ4n) is 3.70. The topological polar surface area (TPSA) is 92.1 Å². The molecule has 0 bridgehead atoms. The summed E-state index contributed by atoms with van der Waals surface area (Å²) in [6.45, 7) is 14.8.